The van der Waals surface area contributed by atoms with E-state index >= 15 is 0 Å². The summed E-state index contributed by atoms with van der Waals surface area (Å²) in [6.07, 6.45) is 31.9. The van der Waals surface area contributed by atoms with Gasteiger partial charge in [-0.3, -0.25) is 0 Å². The first-order chi connectivity index (χ1) is 25.1. The van der Waals surface area contributed by atoms with Crippen LogP contribution in [0.25, 0.3) is 11.1 Å². The van der Waals surface area contributed by atoms with Gasteiger partial charge in [-0.2, -0.15) is 0 Å². The Kier molecular flexibility index (Phi) is 30.9. The van der Waals surface area contributed by atoms with Gasteiger partial charge in [0.05, 0.1) is 5.57 Å². The predicted octanol–water partition coefficient (Wildman–Crippen LogP) is 16.0. The minimum absolute atomic E-state index is 0.901. The van der Waals surface area contributed by atoms with Crippen LogP contribution in [-0.4, -0.2) is 10.7 Å². The minimum atomic E-state index is 0.901. The molecule has 0 N–H and O–H groups in total. The van der Waals surface area contributed by atoms with Gasteiger partial charge in [-0.1, -0.05) is 95.0 Å². The number of aryl methyl sites for hydroxylation is 2. The zero-order chi connectivity index (χ0) is 37.2. The summed E-state index contributed by atoms with van der Waals surface area (Å²) in [6, 6.07) is 18.1. The summed E-state index contributed by atoms with van der Waals surface area (Å²) in [5.41, 5.74) is 17.7. The third-order valence-corrected chi connectivity index (χ3v) is 11.2. The molecule has 0 spiro atoms. The Labute approximate surface area is 323 Å². The largest absolute Gasteiger partial charge is 0.348 e. The zero-order valence-corrected chi connectivity index (χ0v) is 35.2. The van der Waals surface area contributed by atoms with E-state index in [9.17, 15) is 0 Å². The second-order valence-corrected chi connectivity index (χ2v) is 15.9. The maximum atomic E-state index is 9.16. The van der Waals surface area contributed by atoms with Gasteiger partial charge in [0, 0.05) is 0 Å². The third kappa shape index (κ3) is 23.2. The second-order valence-electron chi connectivity index (χ2n) is 14.5. The number of nitrogens with zero attached hydrogens (tertiary/aromatic N) is 2. The first-order valence-electron chi connectivity index (χ1n) is 21.4. The summed E-state index contributed by atoms with van der Waals surface area (Å²) in [7, 11) is 0. The van der Waals surface area contributed by atoms with Crippen LogP contribution >= 0.6 is 0 Å². The fraction of sp³-hybridized carbons (Fsp3) is 0.667. The quantitative estimate of drug-likeness (QED) is 0.0199. The fourth-order valence-electron chi connectivity index (χ4n) is 6.46. The van der Waals surface area contributed by atoms with Crippen molar-refractivity contribution in [1.82, 2.24) is 0 Å². The van der Waals surface area contributed by atoms with Crippen LogP contribution in [0.4, 0.5) is 0 Å². The first-order valence-corrected chi connectivity index (χ1v) is 22.8. The Morgan fingerprint density at radius 2 is 0.902 bits per heavy atom. The average molecular weight is 742 g/mol. The second kappa shape index (κ2) is 33.7. The van der Waals surface area contributed by atoms with Crippen molar-refractivity contribution < 1.29 is 19.2 Å². The van der Waals surface area contributed by atoms with E-state index < -0.39 is 0 Å². The number of unbranched alkanes of at least 4 members (excludes halogenated alkanes) is 16. The average Bonchev–Trinajstić information content (AvgIpc) is 3.15. The van der Waals surface area contributed by atoms with Crippen molar-refractivity contribution in [2.75, 3.05) is 0 Å². The number of benzene rings is 2. The smallest absolute Gasteiger partial charge is 0.303 e. The molecule has 0 radical (unpaired) electrons. The van der Waals surface area contributed by atoms with Crippen LogP contribution in [0.1, 0.15) is 205 Å². The summed E-state index contributed by atoms with van der Waals surface area (Å²) >= 11 is 2.01. The van der Waals surface area contributed by atoms with E-state index in [2.05, 4.69) is 93.8 Å². The van der Waals surface area contributed by atoms with Gasteiger partial charge in [0.2, 0.25) is 0 Å². The predicted molar refractivity (Wildman–Crippen MR) is 224 cm³/mol. The molecule has 0 heterocycles. The van der Waals surface area contributed by atoms with Crippen molar-refractivity contribution in [2.24, 2.45) is 0 Å². The minimum Gasteiger partial charge on any atom is -0.348 e. The van der Waals surface area contributed by atoms with Gasteiger partial charge in [-0.25, -0.2) is 0 Å². The van der Waals surface area contributed by atoms with Gasteiger partial charge in [0.25, 0.3) is 0 Å². The van der Waals surface area contributed by atoms with Gasteiger partial charge < -0.3 is 5.53 Å². The van der Waals surface area contributed by atoms with Crippen LogP contribution in [0.3, 0.4) is 0 Å². The number of allylic oxidation sites excluding steroid dienone is 2. The number of rotatable bonds is 29. The molecule has 0 atom stereocenters. The van der Waals surface area contributed by atoms with Crippen LogP contribution < -0.4 is 0 Å². The molecule has 0 unspecified atom stereocenters. The molecular weight excluding hydrogens is 663 g/mol. The van der Waals surface area contributed by atoms with Crippen molar-refractivity contribution in [3.8, 4) is 0 Å². The van der Waals surface area contributed by atoms with Crippen molar-refractivity contribution in [1.29, 1.82) is 0 Å². The number of hydrogen-bond donors (Lipinski definition) is 0. The molecule has 51 heavy (non-hydrogen) atoms. The maximum Gasteiger partial charge on any atom is 0.303 e. The SMILES string of the molecule is CCCCCCCC[CH2][Ni][CH2]CCCCCCCC.CCCCCc1ccc(C(=C(CCCC)C(C)=C=[N+]=[N-])c2ccc(CCCC)cc2)cc1. The van der Waals surface area contributed by atoms with E-state index in [0.29, 0.717) is 0 Å². The zero-order valence-electron chi connectivity index (χ0n) is 34.2. The molecule has 0 aliphatic heterocycles. The molecule has 0 amide bonds. The summed E-state index contributed by atoms with van der Waals surface area (Å²) in [6.45, 7) is 13.3. The summed E-state index contributed by atoms with van der Waals surface area (Å²) in [5.74, 6) is 2.80. The summed E-state index contributed by atoms with van der Waals surface area (Å²) < 4.78 is 0. The maximum absolute atomic E-state index is 9.16. The van der Waals surface area contributed by atoms with Crippen LogP contribution in [0.15, 0.2) is 59.7 Å². The molecule has 0 saturated carbocycles. The monoisotopic (exact) mass is 741 g/mol. The fourth-order valence-corrected chi connectivity index (χ4v) is 7.69. The van der Waals surface area contributed by atoms with Gasteiger partial charge in [-0.15, -0.1) is 4.79 Å². The van der Waals surface area contributed by atoms with Gasteiger partial charge in [0.15, 0.2) is 0 Å². The molecule has 0 saturated heterocycles. The van der Waals surface area contributed by atoms with Crippen molar-refractivity contribution in [2.45, 2.75) is 206 Å². The van der Waals surface area contributed by atoms with E-state index in [1.54, 1.807) is 0 Å². The van der Waals surface area contributed by atoms with Crippen molar-refractivity contribution in [3.63, 3.8) is 0 Å². The number of hydrogen-bond acceptors (Lipinski definition) is 0. The first kappa shape index (κ1) is 46.9. The van der Waals surface area contributed by atoms with Gasteiger partial charge >= 0.3 is 135 Å². The molecule has 290 valence electrons. The molecule has 0 fully saturated rings. The van der Waals surface area contributed by atoms with E-state index in [-0.39, 0.29) is 0 Å². The Hall–Kier alpha value is -2.17. The molecular formula is C48H78N2Ni. The molecule has 3 heteroatoms. The molecule has 2 aromatic rings. The topological polar surface area (TPSA) is 36.4 Å². The Morgan fingerprint density at radius 3 is 1.33 bits per heavy atom. The van der Waals surface area contributed by atoms with E-state index in [1.807, 2.05) is 21.4 Å². The molecule has 0 bridgehead atoms. The van der Waals surface area contributed by atoms with Crippen molar-refractivity contribution >= 4 is 11.4 Å². The van der Waals surface area contributed by atoms with Crippen LogP contribution in [0.2, 0.25) is 10.8 Å². The Morgan fingerprint density at radius 1 is 0.510 bits per heavy atom. The van der Waals surface area contributed by atoms with Crippen LogP contribution in [0, 0.1) is 0 Å². The van der Waals surface area contributed by atoms with Gasteiger partial charge in [0.1, 0.15) is 0 Å². The molecule has 2 nitrogen and oxygen atoms in total. The third-order valence-electron chi connectivity index (χ3n) is 9.78. The van der Waals surface area contributed by atoms with E-state index in [1.165, 1.54) is 166 Å². The van der Waals surface area contributed by atoms with Crippen molar-refractivity contribution in [3.05, 3.63) is 87.5 Å². The van der Waals surface area contributed by atoms with E-state index in [4.69, 9.17) is 5.53 Å². The molecule has 0 aliphatic carbocycles. The summed E-state index contributed by atoms with van der Waals surface area (Å²) in [5, 5.41) is 2.85. The van der Waals surface area contributed by atoms with E-state index in [0.717, 1.165) is 37.7 Å². The molecule has 2 rings (SSSR count). The van der Waals surface area contributed by atoms with Gasteiger partial charge in [-0.05, 0) is 78.8 Å². The Bertz CT molecular complexity index is 1200. The standard InChI is InChI=1S/C30H40N2.2C9H19.Ni/c1-5-8-11-13-26-17-21-28(22-18-26)30(29(14-10-7-3)24(4)23-32-31)27-19-15-25(16-20-27)12-9-6-2;2*1-3-5-7-9-8-6-4-2;/h15-22H,5-14H2,1-4H3;2*1,3-9H2,2H3;. The molecule has 0 aromatic heterocycles. The van der Waals surface area contributed by atoms with Crippen LogP contribution in [0.5, 0.6) is 0 Å². The normalized spacial score (nSPS) is 11.4. The molecule has 2 aromatic carbocycles. The molecule has 0 aliphatic rings. The summed E-state index contributed by atoms with van der Waals surface area (Å²) in [4.78, 5) is 3.22. The van der Waals surface area contributed by atoms with Crippen LogP contribution in [-0.2, 0) is 27.3 Å². The Balaban J connectivity index is 0.000000586.